The van der Waals surface area contributed by atoms with Gasteiger partial charge in [0.25, 0.3) is 0 Å². The highest BCUT2D eigenvalue weighted by Crippen LogP contribution is 2.34. The van der Waals surface area contributed by atoms with E-state index in [2.05, 4.69) is 20.6 Å². The maximum Gasteiger partial charge on any atom is 0.245 e. The van der Waals surface area contributed by atoms with E-state index < -0.39 is 21.0 Å². The van der Waals surface area contributed by atoms with Crippen molar-refractivity contribution in [1.82, 2.24) is 20.6 Å². The van der Waals surface area contributed by atoms with Crippen molar-refractivity contribution in [3.05, 3.63) is 46.6 Å². The largest absolute Gasteiger partial charge is 0.384 e. The van der Waals surface area contributed by atoms with Gasteiger partial charge < -0.3 is 15.4 Å². The second kappa shape index (κ2) is 10.3. The molecule has 1 aromatic carbocycles. The first-order chi connectivity index (χ1) is 16.3. The van der Waals surface area contributed by atoms with Gasteiger partial charge in [0.1, 0.15) is 5.01 Å². The number of halogens is 1. The molecule has 2 amide bonds. The van der Waals surface area contributed by atoms with E-state index in [1.807, 2.05) is 12.1 Å². The Morgan fingerprint density at radius 2 is 2.06 bits per heavy atom. The van der Waals surface area contributed by atoms with Crippen LogP contribution in [0.25, 0.3) is 21.5 Å². The number of benzene rings is 1. The van der Waals surface area contributed by atoms with Gasteiger partial charge in [0.2, 0.25) is 11.8 Å². The Kier molecular flexibility index (Phi) is 7.46. The third-order valence-corrected chi connectivity index (χ3v) is 8.53. The lowest BCUT2D eigenvalue weighted by Gasteiger charge is -2.15. The number of hydrogen-bond acceptors (Lipinski definition) is 8. The summed E-state index contributed by atoms with van der Waals surface area (Å²) in [6.45, 7) is -0.367. The van der Waals surface area contributed by atoms with Crippen LogP contribution in [0.2, 0.25) is 5.02 Å². The van der Waals surface area contributed by atoms with Crippen LogP contribution in [0.5, 0.6) is 0 Å². The number of carbonyl (C=O) groups is 2. The van der Waals surface area contributed by atoms with Gasteiger partial charge in [-0.25, -0.2) is 13.4 Å². The normalized spacial score (nSPS) is 14.6. The summed E-state index contributed by atoms with van der Waals surface area (Å²) in [6.07, 6.45) is 3.36. The van der Waals surface area contributed by atoms with Gasteiger partial charge in [-0.1, -0.05) is 17.7 Å². The molecule has 3 aromatic rings. The van der Waals surface area contributed by atoms with Crippen molar-refractivity contribution < 1.29 is 22.7 Å². The first kappa shape index (κ1) is 24.5. The number of sulfone groups is 1. The average Bonchev–Trinajstić information content (AvgIpc) is 3.52. The number of ether oxygens (including phenoxy) is 1. The molecule has 2 aromatic heterocycles. The first-order valence-electron chi connectivity index (χ1n) is 10.6. The quantitative estimate of drug-likeness (QED) is 0.418. The van der Waals surface area contributed by atoms with Crippen LogP contribution in [-0.4, -0.2) is 62.3 Å². The standard InChI is InChI=1S/C22H23ClN4O5S2/c1-32-8-9-34(30,31)20(21(29)25-12-19(28)26-15-4-5-15)22-27-17-6-2-13(10-18(17)33-22)16-7-3-14(23)11-24-16/h2-3,6-7,10-11,15,20H,4-5,8-9,12H2,1H3,(H,25,29)(H,26,28). The Balaban J connectivity index is 1.62. The van der Waals surface area contributed by atoms with Crippen LogP contribution in [0.4, 0.5) is 0 Å². The molecule has 1 saturated carbocycles. The summed E-state index contributed by atoms with van der Waals surface area (Å²) in [4.78, 5) is 33.7. The van der Waals surface area contributed by atoms with E-state index in [9.17, 15) is 18.0 Å². The van der Waals surface area contributed by atoms with Gasteiger partial charge in [-0.2, -0.15) is 0 Å². The maximum atomic E-state index is 13.1. The van der Waals surface area contributed by atoms with E-state index in [0.29, 0.717) is 20.9 Å². The molecule has 9 nitrogen and oxygen atoms in total. The van der Waals surface area contributed by atoms with Crippen LogP contribution < -0.4 is 10.6 Å². The fourth-order valence-corrected chi connectivity index (χ4v) is 6.36. The van der Waals surface area contributed by atoms with Gasteiger partial charge in [0, 0.05) is 24.9 Å². The molecule has 34 heavy (non-hydrogen) atoms. The number of methoxy groups -OCH3 is 1. The SMILES string of the molecule is COCCS(=O)(=O)C(C(=O)NCC(=O)NC1CC1)c1nc2ccc(-c3ccc(Cl)cn3)cc2s1. The zero-order valence-electron chi connectivity index (χ0n) is 18.3. The molecule has 0 spiro atoms. The highest BCUT2D eigenvalue weighted by Gasteiger charge is 2.37. The van der Waals surface area contributed by atoms with Crippen LogP contribution >= 0.6 is 22.9 Å². The molecule has 1 aliphatic carbocycles. The summed E-state index contributed by atoms with van der Waals surface area (Å²) in [5.74, 6) is -1.50. The Morgan fingerprint density at radius 3 is 2.74 bits per heavy atom. The Bertz CT molecular complexity index is 1310. The summed E-state index contributed by atoms with van der Waals surface area (Å²) in [5.41, 5.74) is 2.06. The van der Waals surface area contributed by atoms with E-state index >= 15 is 0 Å². The summed E-state index contributed by atoms with van der Waals surface area (Å²) in [5, 5.41) is 4.32. The van der Waals surface area contributed by atoms with Gasteiger partial charge in [-0.15, -0.1) is 11.3 Å². The highest BCUT2D eigenvalue weighted by molar-refractivity contribution is 7.92. The van der Waals surface area contributed by atoms with E-state index in [1.54, 1.807) is 24.4 Å². The lowest BCUT2D eigenvalue weighted by Crippen LogP contribution is -2.41. The van der Waals surface area contributed by atoms with Gasteiger partial charge in [-0.3, -0.25) is 14.6 Å². The molecule has 4 rings (SSSR count). The third-order valence-electron chi connectivity index (χ3n) is 5.19. The Morgan fingerprint density at radius 1 is 1.26 bits per heavy atom. The average molecular weight is 523 g/mol. The Hall–Kier alpha value is -2.60. The molecule has 1 fully saturated rings. The minimum Gasteiger partial charge on any atom is -0.384 e. The Labute approximate surface area is 205 Å². The van der Waals surface area contributed by atoms with Gasteiger partial charge >= 0.3 is 0 Å². The molecular formula is C22H23ClN4O5S2. The van der Waals surface area contributed by atoms with Crippen molar-refractivity contribution >= 4 is 54.8 Å². The number of thiazole rings is 1. The lowest BCUT2D eigenvalue weighted by molar-refractivity contribution is -0.126. The number of amides is 2. The maximum absolute atomic E-state index is 13.1. The first-order valence-corrected chi connectivity index (χ1v) is 13.5. The molecule has 180 valence electrons. The summed E-state index contributed by atoms with van der Waals surface area (Å²) < 4.78 is 31.7. The lowest BCUT2D eigenvalue weighted by atomic mass is 10.1. The number of fused-ring (bicyclic) bond motifs is 1. The number of aromatic nitrogens is 2. The van der Waals surface area contributed by atoms with Crippen LogP contribution in [-0.2, 0) is 24.2 Å². The van der Waals surface area contributed by atoms with E-state index in [0.717, 1.165) is 29.7 Å². The predicted octanol–water partition coefficient (Wildman–Crippen LogP) is 2.51. The van der Waals surface area contributed by atoms with Crippen molar-refractivity contribution in [2.24, 2.45) is 0 Å². The number of pyridine rings is 1. The number of carbonyl (C=O) groups excluding carboxylic acids is 2. The molecule has 0 radical (unpaired) electrons. The van der Waals surface area contributed by atoms with E-state index in [4.69, 9.17) is 16.3 Å². The molecule has 1 atom stereocenters. The van der Waals surface area contributed by atoms with E-state index in [-0.39, 0.29) is 35.9 Å². The van der Waals surface area contributed by atoms with Crippen molar-refractivity contribution in [3.8, 4) is 11.3 Å². The van der Waals surface area contributed by atoms with Crippen LogP contribution in [0.3, 0.4) is 0 Å². The summed E-state index contributed by atoms with van der Waals surface area (Å²) in [7, 11) is -2.57. The predicted molar refractivity (Wildman–Crippen MR) is 130 cm³/mol. The molecule has 0 saturated heterocycles. The minimum atomic E-state index is -3.96. The van der Waals surface area contributed by atoms with Crippen LogP contribution in [0, 0.1) is 0 Å². The topological polar surface area (TPSA) is 127 Å². The van der Waals surface area contributed by atoms with Crippen molar-refractivity contribution in [1.29, 1.82) is 0 Å². The van der Waals surface area contributed by atoms with Crippen LogP contribution in [0.15, 0.2) is 36.5 Å². The fraction of sp³-hybridized carbons (Fsp3) is 0.364. The second-order valence-electron chi connectivity index (χ2n) is 7.90. The third kappa shape index (κ3) is 5.90. The van der Waals surface area contributed by atoms with E-state index in [1.165, 1.54) is 7.11 Å². The van der Waals surface area contributed by atoms with Crippen molar-refractivity contribution in [3.63, 3.8) is 0 Å². The molecule has 12 heteroatoms. The van der Waals surface area contributed by atoms with Crippen molar-refractivity contribution in [2.45, 2.75) is 24.1 Å². The fourth-order valence-electron chi connectivity index (χ4n) is 3.27. The smallest absolute Gasteiger partial charge is 0.245 e. The number of rotatable bonds is 10. The number of hydrogen-bond donors (Lipinski definition) is 2. The summed E-state index contributed by atoms with van der Waals surface area (Å²) in [6, 6.07) is 9.06. The number of nitrogens with one attached hydrogen (secondary N) is 2. The molecule has 0 bridgehead atoms. The molecule has 2 N–H and O–H groups in total. The van der Waals surface area contributed by atoms with Gasteiger partial charge in [-0.05, 0) is 37.1 Å². The summed E-state index contributed by atoms with van der Waals surface area (Å²) >= 11 is 7.03. The molecule has 0 aliphatic heterocycles. The van der Waals surface area contributed by atoms with Gasteiger partial charge in [0.05, 0.1) is 39.8 Å². The monoisotopic (exact) mass is 522 g/mol. The van der Waals surface area contributed by atoms with Gasteiger partial charge in [0.15, 0.2) is 15.1 Å². The highest BCUT2D eigenvalue weighted by atomic mass is 35.5. The molecule has 1 aliphatic rings. The molecule has 2 heterocycles. The van der Waals surface area contributed by atoms with Crippen LogP contribution in [0.1, 0.15) is 23.1 Å². The minimum absolute atomic E-state index is 0.0639. The molecular weight excluding hydrogens is 500 g/mol. The second-order valence-corrected chi connectivity index (χ2v) is 11.6. The van der Waals surface area contributed by atoms with Crippen molar-refractivity contribution in [2.75, 3.05) is 26.0 Å². The zero-order valence-corrected chi connectivity index (χ0v) is 20.7. The zero-order chi connectivity index (χ0) is 24.3. The molecule has 1 unspecified atom stereocenters. The number of nitrogens with zero attached hydrogens (tertiary/aromatic N) is 2.